The van der Waals surface area contributed by atoms with Gasteiger partial charge in [-0.1, -0.05) is 76.6 Å². The molecule has 0 saturated carbocycles. The van der Waals surface area contributed by atoms with Crippen molar-refractivity contribution in [2.24, 2.45) is 0 Å². The van der Waals surface area contributed by atoms with Crippen molar-refractivity contribution < 1.29 is 4.79 Å². The summed E-state index contributed by atoms with van der Waals surface area (Å²) in [5.74, 6) is 0.662. The number of Topliss-reactive ketones (excluding diaryl/α,β-unsaturated/α-hetero) is 1. The van der Waals surface area contributed by atoms with Gasteiger partial charge in [0.1, 0.15) is 6.04 Å². The molecule has 0 radical (unpaired) electrons. The maximum Gasteiger partial charge on any atom is 0.203 e. The number of aromatic nitrogens is 3. The molecule has 0 spiro atoms. The predicted molar refractivity (Wildman–Crippen MR) is 121 cm³/mol. The summed E-state index contributed by atoms with van der Waals surface area (Å²) in [4.78, 5) is 13.0. The van der Waals surface area contributed by atoms with Gasteiger partial charge >= 0.3 is 0 Å². The van der Waals surface area contributed by atoms with Crippen LogP contribution in [-0.2, 0) is 0 Å². The van der Waals surface area contributed by atoms with Crippen LogP contribution < -0.4 is 0 Å². The first-order valence-electron chi connectivity index (χ1n) is 9.18. The molecule has 0 aliphatic carbocycles. The van der Waals surface area contributed by atoms with Crippen molar-refractivity contribution >= 4 is 33.9 Å². The Morgan fingerprint density at radius 1 is 0.966 bits per heavy atom. The molecule has 0 N–H and O–H groups in total. The standard InChI is InChI=1S/C23H18BrN3OS/c1-16(21(28)17-9-4-2-5-10-17)27-23(29)26(20-13-6-3-7-14-20)22(25-27)18-11-8-12-19(24)15-18/h2-16H,1H3. The Morgan fingerprint density at radius 2 is 1.62 bits per heavy atom. The van der Waals surface area contributed by atoms with E-state index in [0.29, 0.717) is 16.2 Å². The van der Waals surface area contributed by atoms with Gasteiger partial charge in [0.15, 0.2) is 11.6 Å². The lowest BCUT2D eigenvalue weighted by molar-refractivity contribution is 0.0927. The highest BCUT2D eigenvalue weighted by atomic mass is 79.9. The molecule has 4 nitrogen and oxygen atoms in total. The van der Waals surface area contributed by atoms with E-state index in [1.54, 1.807) is 4.68 Å². The van der Waals surface area contributed by atoms with Crippen molar-refractivity contribution in [3.63, 3.8) is 0 Å². The van der Waals surface area contributed by atoms with E-state index in [-0.39, 0.29) is 5.78 Å². The number of nitrogens with zero attached hydrogens (tertiary/aromatic N) is 3. The number of ketones is 1. The van der Waals surface area contributed by atoms with Crippen LogP contribution in [0.5, 0.6) is 0 Å². The van der Waals surface area contributed by atoms with Crippen LogP contribution in [-0.4, -0.2) is 20.1 Å². The highest BCUT2D eigenvalue weighted by Gasteiger charge is 2.23. The van der Waals surface area contributed by atoms with Gasteiger partial charge in [-0.3, -0.25) is 9.36 Å². The predicted octanol–water partition coefficient (Wildman–Crippen LogP) is 6.28. The summed E-state index contributed by atoms with van der Waals surface area (Å²) in [7, 11) is 0. The van der Waals surface area contributed by atoms with E-state index < -0.39 is 6.04 Å². The molecule has 0 bridgehead atoms. The van der Waals surface area contributed by atoms with E-state index in [9.17, 15) is 4.79 Å². The molecule has 6 heteroatoms. The first-order valence-corrected chi connectivity index (χ1v) is 10.4. The Morgan fingerprint density at radius 3 is 2.28 bits per heavy atom. The monoisotopic (exact) mass is 463 g/mol. The first kappa shape index (κ1) is 19.5. The number of halogens is 1. The second-order valence-electron chi connectivity index (χ2n) is 6.64. The van der Waals surface area contributed by atoms with E-state index >= 15 is 0 Å². The Hall–Kier alpha value is -2.83. The minimum absolute atomic E-state index is 0.0276. The molecule has 3 aromatic carbocycles. The van der Waals surface area contributed by atoms with Gasteiger partial charge in [0.25, 0.3) is 0 Å². The SMILES string of the molecule is CC(C(=O)c1ccccc1)n1nc(-c2cccc(Br)c2)n(-c2ccccc2)c1=S. The lowest BCUT2D eigenvalue weighted by atomic mass is 10.1. The zero-order valence-electron chi connectivity index (χ0n) is 15.7. The molecule has 0 saturated heterocycles. The maximum atomic E-state index is 13.0. The normalized spacial score (nSPS) is 11.9. The van der Waals surface area contributed by atoms with Crippen molar-refractivity contribution in [2.75, 3.05) is 0 Å². The summed E-state index contributed by atoms with van der Waals surface area (Å²) in [5, 5.41) is 4.78. The third-order valence-corrected chi connectivity index (χ3v) is 5.57. The first-order chi connectivity index (χ1) is 14.1. The van der Waals surface area contributed by atoms with Gasteiger partial charge in [0.2, 0.25) is 4.77 Å². The molecular formula is C23H18BrN3OS. The van der Waals surface area contributed by atoms with Crippen LogP contribution in [0.25, 0.3) is 17.1 Å². The number of hydrogen-bond donors (Lipinski definition) is 0. The Kier molecular flexibility index (Phi) is 5.56. The highest BCUT2D eigenvalue weighted by molar-refractivity contribution is 9.10. The van der Waals surface area contributed by atoms with Gasteiger partial charge in [-0.05, 0) is 43.4 Å². The van der Waals surface area contributed by atoms with Gasteiger partial charge in [0, 0.05) is 21.3 Å². The van der Waals surface area contributed by atoms with Crippen molar-refractivity contribution in [3.8, 4) is 17.1 Å². The van der Waals surface area contributed by atoms with Crippen LogP contribution >= 0.6 is 28.1 Å². The lowest BCUT2D eigenvalue weighted by Crippen LogP contribution is -2.18. The molecule has 0 amide bonds. The smallest absolute Gasteiger partial charge is 0.203 e. The molecule has 1 heterocycles. The topological polar surface area (TPSA) is 39.8 Å². The second kappa shape index (κ2) is 8.27. The number of para-hydroxylation sites is 1. The van der Waals surface area contributed by atoms with Gasteiger partial charge in [-0.2, -0.15) is 5.10 Å². The van der Waals surface area contributed by atoms with Crippen molar-refractivity contribution in [1.29, 1.82) is 0 Å². The van der Waals surface area contributed by atoms with E-state index in [1.807, 2.05) is 96.4 Å². The van der Waals surface area contributed by atoms with Crippen LogP contribution in [0.1, 0.15) is 23.3 Å². The molecule has 144 valence electrons. The van der Waals surface area contributed by atoms with Gasteiger partial charge in [-0.25, -0.2) is 4.68 Å². The summed E-state index contributed by atoms with van der Waals surface area (Å²) in [6.45, 7) is 1.83. The van der Waals surface area contributed by atoms with Crippen LogP contribution in [0.3, 0.4) is 0 Å². The molecule has 0 fully saturated rings. The number of hydrogen-bond acceptors (Lipinski definition) is 3. The summed E-state index contributed by atoms with van der Waals surface area (Å²) >= 11 is 9.30. The molecule has 0 aliphatic rings. The van der Waals surface area contributed by atoms with Gasteiger partial charge < -0.3 is 0 Å². The minimum atomic E-state index is -0.527. The van der Waals surface area contributed by atoms with Crippen LogP contribution in [0, 0.1) is 4.77 Å². The molecule has 1 aromatic heterocycles. The number of rotatable bonds is 5. The Balaban J connectivity index is 1.88. The summed E-state index contributed by atoms with van der Waals surface area (Å²) in [5.41, 5.74) is 2.45. The largest absolute Gasteiger partial charge is 0.292 e. The van der Waals surface area contributed by atoms with Gasteiger partial charge in [-0.15, -0.1) is 0 Å². The quantitative estimate of drug-likeness (QED) is 0.258. The van der Waals surface area contributed by atoms with Crippen LogP contribution in [0.4, 0.5) is 0 Å². The van der Waals surface area contributed by atoms with Crippen molar-refractivity contribution in [1.82, 2.24) is 14.3 Å². The average Bonchev–Trinajstić information content (AvgIpc) is 3.11. The van der Waals surface area contributed by atoms with E-state index in [1.165, 1.54) is 0 Å². The van der Waals surface area contributed by atoms with Crippen molar-refractivity contribution in [3.05, 3.63) is 99.7 Å². The Labute approximate surface area is 182 Å². The summed E-state index contributed by atoms with van der Waals surface area (Å²) in [6, 6.07) is 26.4. The number of carbonyl (C=O) groups is 1. The molecule has 0 aliphatic heterocycles. The highest BCUT2D eigenvalue weighted by Crippen LogP contribution is 2.27. The average molecular weight is 464 g/mol. The summed E-state index contributed by atoms with van der Waals surface area (Å²) < 4.78 is 4.96. The summed E-state index contributed by atoms with van der Waals surface area (Å²) in [6.07, 6.45) is 0. The van der Waals surface area contributed by atoms with E-state index in [4.69, 9.17) is 17.3 Å². The zero-order chi connectivity index (χ0) is 20.4. The molecule has 1 atom stereocenters. The number of benzene rings is 3. The zero-order valence-corrected chi connectivity index (χ0v) is 18.1. The fraction of sp³-hybridized carbons (Fsp3) is 0.0870. The van der Waals surface area contributed by atoms with Crippen LogP contribution in [0.2, 0.25) is 0 Å². The van der Waals surface area contributed by atoms with E-state index in [0.717, 1.165) is 15.7 Å². The molecular weight excluding hydrogens is 446 g/mol. The minimum Gasteiger partial charge on any atom is -0.292 e. The molecule has 1 unspecified atom stereocenters. The fourth-order valence-electron chi connectivity index (χ4n) is 3.21. The maximum absolute atomic E-state index is 13.0. The van der Waals surface area contributed by atoms with Crippen molar-refractivity contribution in [2.45, 2.75) is 13.0 Å². The third kappa shape index (κ3) is 3.86. The lowest BCUT2D eigenvalue weighted by Gasteiger charge is -2.10. The van der Waals surface area contributed by atoms with E-state index in [2.05, 4.69) is 15.9 Å². The Bertz CT molecular complexity index is 1220. The fourth-order valence-corrected chi connectivity index (χ4v) is 4.00. The molecule has 4 aromatic rings. The third-order valence-electron chi connectivity index (χ3n) is 4.70. The van der Waals surface area contributed by atoms with Crippen LogP contribution in [0.15, 0.2) is 89.4 Å². The number of carbonyl (C=O) groups excluding carboxylic acids is 1. The molecule has 29 heavy (non-hydrogen) atoms. The second-order valence-corrected chi connectivity index (χ2v) is 7.92. The molecule has 4 rings (SSSR count). The van der Waals surface area contributed by atoms with Gasteiger partial charge in [0.05, 0.1) is 0 Å².